The Morgan fingerprint density at radius 3 is 1.60 bits per heavy atom. The van der Waals surface area contributed by atoms with Gasteiger partial charge in [0, 0.05) is 49.2 Å². The molecule has 8 heteroatoms. The molecule has 0 bridgehead atoms. The third kappa shape index (κ3) is 11.3. The number of nitrogens with two attached hydrogens (primary N) is 1. The van der Waals surface area contributed by atoms with Crippen molar-refractivity contribution in [2.45, 2.75) is 108 Å². The zero-order valence-electron chi connectivity index (χ0n) is 39.7. The summed E-state index contributed by atoms with van der Waals surface area (Å²) >= 11 is 3.85. The van der Waals surface area contributed by atoms with Crippen molar-refractivity contribution in [1.82, 2.24) is 0 Å². The largest absolute Gasteiger partial charge is 0.460 e. The highest BCUT2D eigenvalue weighted by Crippen LogP contribution is 2.56. The molecular weight excluding hydrogens is 875 g/mol. The Balaban J connectivity index is 1.19. The first-order valence-electron chi connectivity index (χ1n) is 23.8. The van der Waals surface area contributed by atoms with E-state index >= 15 is 0 Å². The molecule has 0 aliphatic heterocycles. The fourth-order valence-corrected chi connectivity index (χ4v) is 10.7. The molecule has 0 fully saturated rings. The summed E-state index contributed by atoms with van der Waals surface area (Å²) in [5.41, 5.74) is 22.2. The molecule has 7 rings (SSSR count). The SMILES string of the molecule is COCCOCCCC1(CCCOCCOC)c2cc(Br)ccc2-c2ccc(-c3ccc4c(c3)C(C)(CCCCN)c3cc(-c5ccc(CCCC(=O)OC(C)(C)C)cc5)ccc3-4)cc21. The number of hydrogen-bond donors (Lipinski definition) is 1. The van der Waals surface area contributed by atoms with Crippen molar-refractivity contribution in [3.8, 4) is 44.5 Å². The highest BCUT2D eigenvalue weighted by atomic mass is 79.9. The molecule has 0 amide bonds. The second-order valence-corrected chi connectivity index (χ2v) is 20.1. The van der Waals surface area contributed by atoms with Gasteiger partial charge in [-0.15, -0.1) is 0 Å². The van der Waals surface area contributed by atoms with Crippen LogP contribution in [0, 0.1) is 0 Å². The number of carbonyl (C=O) groups excluding carboxylic acids is 1. The smallest absolute Gasteiger partial charge is 0.306 e. The second-order valence-electron chi connectivity index (χ2n) is 19.2. The van der Waals surface area contributed by atoms with Crippen LogP contribution in [-0.4, -0.2) is 72.0 Å². The van der Waals surface area contributed by atoms with Gasteiger partial charge in [0.15, 0.2) is 0 Å². The van der Waals surface area contributed by atoms with Gasteiger partial charge in [-0.1, -0.05) is 96.0 Å². The number of esters is 1. The Labute approximate surface area is 396 Å². The number of hydrogen-bond acceptors (Lipinski definition) is 7. The molecule has 0 saturated carbocycles. The van der Waals surface area contributed by atoms with Crippen LogP contribution in [0.2, 0.25) is 0 Å². The molecule has 2 N–H and O–H groups in total. The molecule has 0 saturated heterocycles. The van der Waals surface area contributed by atoms with E-state index in [-0.39, 0.29) is 16.8 Å². The van der Waals surface area contributed by atoms with Gasteiger partial charge in [0.2, 0.25) is 0 Å². The summed E-state index contributed by atoms with van der Waals surface area (Å²) in [6.45, 7) is 12.6. The van der Waals surface area contributed by atoms with Gasteiger partial charge in [0.05, 0.1) is 26.4 Å². The van der Waals surface area contributed by atoms with Gasteiger partial charge in [-0.25, -0.2) is 0 Å². The molecule has 65 heavy (non-hydrogen) atoms. The normalized spacial score (nSPS) is 15.7. The van der Waals surface area contributed by atoms with Gasteiger partial charge in [-0.2, -0.15) is 0 Å². The molecule has 0 spiro atoms. The number of fused-ring (bicyclic) bond motifs is 6. The minimum Gasteiger partial charge on any atom is -0.460 e. The van der Waals surface area contributed by atoms with Crippen LogP contribution in [-0.2, 0) is 45.7 Å². The summed E-state index contributed by atoms with van der Waals surface area (Å²) in [6, 6.07) is 37.1. The summed E-state index contributed by atoms with van der Waals surface area (Å²) in [5, 5.41) is 0. The van der Waals surface area contributed by atoms with Gasteiger partial charge >= 0.3 is 5.97 Å². The van der Waals surface area contributed by atoms with Crippen LogP contribution < -0.4 is 5.73 Å². The number of ether oxygens (including phenoxy) is 5. The number of unbranched alkanes of at least 4 members (excludes halogenated alkanes) is 1. The van der Waals surface area contributed by atoms with Crippen molar-refractivity contribution in [1.29, 1.82) is 0 Å². The highest BCUT2D eigenvalue weighted by molar-refractivity contribution is 9.10. The molecule has 346 valence electrons. The summed E-state index contributed by atoms with van der Waals surface area (Å²) in [6.07, 6.45) is 8.90. The van der Waals surface area contributed by atoms with E-state index in [9.17, 15) is 4.79 Å². The minimum atomic E-state index is -0.456. The summed E-state index contributed by atoms with van der Waals surface area (Å²) < 4.78 is 29.2. The monoisotopic (exact) mass is 943 g/mol. The Morgan fingerprint density at radius 2 is 1.06 bits per heavy atom. The third-order valence-electron chi connectivity index (χ3n) is 13.5. The van der Waals surface area contributed by atoms with Crippen molar-refractivity contribution < 1.29 is 28.5 Å². The molecule has 7 nitrogen and oxygen atoms in total. The Kier molecular flexibility index (Phi) is 16.6. The number of rotatable bonds is 24. The summed E-state index contributed by atoms with van der Waals surface area (Å²) in [5.74, 6) is -0.137. The van der Waals surface area contributed by atoms with Gasteiger partial charge in [-0.05, 0) is 181 Å². The van der Waals surface area contributed by atoms with Crippen LogP contribution >= 0.6 is 15.9 Å². The zero-order chi connectivity index (χ0) is 46.0. The van der Waals surface area contributed by atoms with E-state index in [4.69, 9.17) is 29.4 Å². The van der Waals surface area contributed by atoms with Crippen LogP contribution in [0.1, 0.15) is 113 Å². The van der Waals surface area contributed by atoms with Crippen LogP contribution in [0.4, 0.5) is 0 Å². The average Bonchev–Trinajstić information content (AvgIpc) is 3.69. The first kappa shape index (κ1) is 48.8. The maximum absolute atomic E-state index is 12.3. The zero-order valence-corrected chi connectivity index (χ0v) is 41.2. The molecule has 1 atom stereocenters. The predicted molar refractivity (Wildman–Crippen MR) is 269 cm³/mol. The molecule has 5 aromatic rings. The number of carbonyl (C=O) groups is 1. The molecule has 5 aromatic carbocycles. The van der Waals surface area contributed by atoms with Gasteiger partial charge < -0.3 is 29.4 Å². The highest BCUT2D eigenvalue weighted by Gasteiger charge is 2.43. The molecule has 1 unspecified atom stereocenters. The van der Waals surface area contributed by atoms with Crippen molar-refractivity contribution in [3.63, 3.8) is 0 Å². The first-order valence-corrected chi connectivity index (χ1v) is 24.6. The van der Waals surface area contributed by atoms with Crippen molar-refractivity contribution in [3.05, 3.63) is 129 Å². The van der Waals surface area contributed by atoms with Gasteiger partial charge in [0.25, 0.3) is 0 Å². The first-order chi connectivity index (χ1) is 31.4. The Morgan fingerprint density at radius 1 is 0.569 bits per heavy atom. The summed E-state index contributed by atoms with van der Waals surface area (Å²) in [4.78, 5) is 12.3. The van der Waals surface area contributed by atoms with Crippen LogP contribution in [0.25, 0.3) is 44.5 Å². The van der Waals surface area contributed by atoms with E-state index in [0.717, 1.165) is 62.3 Å². The molecule has 0 radical (unpaired) electrons. The predicted octanol–water partition coefficient (Wildman–Crippen LogP) is 13.0. The van der Waals surface area contributed by atoms with Gasteiger partial charge in [-0.3, -0.25) is 4.79 Å². The second kappa shape index (κ2) is 22.1. The molecular formula is C57H70BrNO6. The van der Waals surface area contributed by atoms with Crippen molar-refractivity contribution >= 4 is 21.9 Å². The lowest BCUT2D eigenvalue weighted by Crippen LogP contribution is -2.27. The van der Waals surface area contributed by atoms with Crippen LogP contribution in [0.3, 0.4) is 0 Å². The Hall–Kier alpha value is -4.15. The third-order valence-corrected chi connectivity index (χ3v) is 14.0. The van der Waals surface area contributed by atoms with Crippen LogP contribution in [0.5, 0.6) is 0 Å². The van der Waals surface area contributed by atoms with E-state index in [1.165, 1.54) is 72.3 Å². The lowest BCUT2D eigenvalue weighted by Gasteiger charge is -2.33. The number of halogens is 1. The van der Waals surface area contributed by atoms with Gasteiger partial charge in [0.1, 0.15) is 5.60 Å². The topological polar surface area (TPSA) is 89.2 Å². The lowest BCUT2D eigenvalue weighted by atomic mass is 9.71. The molecule has 0 aromatic heterocycles. The minimum absolute atomic E-state index is 0.137. The van der Waals surface area contributed by atoms with E-state index in [1.807, 2.05) is 20.8 Å². The van der Waals surface area contributed by atoms with Crippen molar-refractivity contribution in [2.75, 3.05) is 60.4 Å². The Bertz CT molecular complexity index is 2370. The number of benzene rings is 5. The maximum Gasteiger partial charge on any atom is 0.306 e. The summed E-state index contributed by atoms with van der Waals surface area (Å²) in [7, 11) is 3.43. The van der Waals surface area contributed by atoms with E-state index in [0.29, 0.717) is 52.6 Å². The lowest BCUT2D eigenvalue weighted by molar-refractivity contribution is -0.154. The molecule has 0 heterocycles. The van der Waals surface area contributed by atoms with E-state index < -0.39 is 5.60 Å². The molecule has 2 aliphatic carbocycles. The standard InChI is InChI=1S/C57H70BrNO6/c1-55(2,3)65-54(60)13-9-12-40-14-16-41(17-15-40)42-18-22-46-47-23-19-43(37-51(47)56(4,50(46)36-42)26-7-8-29-59)44-20-24-48-49-25-21-45(58)39-53(49)57(52(48)38-44,27-10-30-63-34-32-61-5)28-11-31-64-35-33-62-6/h14-25,36-39H,7-13,26-35,59H2,1-6H3. The number of aryl methyl sites for hydroxylation is 1. The number of methoxy groups -OCH3 is 2. The molecule has 2 aliphatic rings. The fraction of sp³-hybridized carbons (Fsp3) is 0.456. The van der Waals surface area contributed by atoms with Crippen molar-refractivity contribution in [2.24, 2.45) is 5.73 Å². The van der Waals surface area contributed by atoms with E-state index in [1.54, 1.807) is 14.2 Å². The maximum atomic E-state index is 12.3. The van der Waals surface area contributed by atoms with E-state index in [2.05, 4.69) is 120 Å². The quantitative estimate of drug-likeness (QED) is 0.0487. The fourth-order valence-electron chi connectivity index (χ4n) is 10.3. The average molecular weight is 945 g/mol. The van der Waals surface area contributed by atoms with Crippen LogP contribution in [0.15, 0.2) is 102 Å².